The third-order valence-electron chi connectivity index (χ3n) is 2.57. The lowest BCUT2D eigenvalue weighted by atomic mass is 10.0. The second kappa shape index (κ2) is 4.79. The lowest BCUT2D eigenvalue weighted by Gasteiger charge is -2.12. The number of benzene rings is 1. The lowest BCUT2D eigenvalue weighted by molar-refractivity contribution is -0.138. The summed E-state index contributed by atoms with van der Waals surface area (Å²) in [7, 11) is 0. The van der Waals surface area contributed by atoms with Crippen LogP contribution in [0.25, 0.3) is 0 Å². The molecule has 86 valence electrons. The zero-order valence-electron chi connectivity index (χ0n) is 9.57. The molecule has 0 spiro atoms. The maximum atomic E-state index is 11.8. The van der Waals surface area contributed by atoms with Crippen molar-refractivity contribution in [2.24, 2.45) is 0 Å². The molecule has 0 unspecified atom stereocenters. The first kappa shape index (κ1) is 12.2. The van der Waals surface area contributed by atoms with E-state index in [0.29, 0.717) is 5.56 Å². The van der Waals surface area contributed by atoms with Gasteiger partial charge in [0, 0.05) is 5.56 Å². The molecule has 0 aliphatic carbocycles. The van der Waals surface area contributed by atoms with Crippen LogP contribution >= 0.6 is 0 Å². The van der Waals surface area contributed by atoms with E-state index >= 15 is 0 Å². The summed E-state index contributed by atoms with van der Waals surface area (Å²) in [4.78, 5) is 22.4. The van der Waals surface area contributed by atoms with E-state index in [2.05, 4.69) is 5.32 Å². The van der Waals surface area contributed by atoms with Crippen molar-refractivity contribution in [3.63, 3.8) is 0 Å². The van der Waals surface area contributed by atoms with Gasteiger partial charge in [-0.1, -0.05) is 12.1 Å². The van der Waals surface area contributed by atoms with Gasteiger partial charge in [-0.05, 0) is 38.0 Å². The third-order valence-corrected chi connectivity index (χ3v) is 2.57. The maximum Gasteiger partial charge on any atom is 0.325 e. The fraction of sp³-hybridized carbons (Fsp3) is 0.333. The number of nitrogens with one attached hydrogen (secondary N) is 1. The number of hydrogen-bond acceptors (Lipinski definition) is 2. The van der Waals surface area contributed by atoms with Crippen LogP contribution in [-0.2, 0) is 4.79 Å². The van der Waals surface area contributed by atoms with Crippen LogP contribution in [0.5, 0.6) is 0 Å². The van der Waals surface area contributed by atoms with Gasteiger partial charge in [0.05, 0.1) is 0 Å². The number of carbonyl (C=O) groups is 2. The molecule has 1 rings (SSSR count). The van der Waals surface area contributed by atoms with E-state index in [9.17, 15) is 9.59 Å². The maximum absolute atomic E-state index is 11.8. The van der Waals surface area contributed by atoms with E-state index in [0.717, 1.165) is 11.1 Å². The van der Waals surface area contributed by atoms with E-state index < -0.39 is 12.0 Å². The molecule has 0 saturated heterocycles. The Hall–Kier alpha value is -1.84. The number of rotatable bonds is 3. The Morgan fingerprint density at radius 1 is 1.31 bits per heavy atom. The minimum Gasteiger partial charge on any atom is -0.480 e. The van der Waals surface area contributed by atoms with Crippen LogP contribution in [0, 0.1) is 13.8 Å². The van der Waals surface area contributed by atoms with E-state index in [4.69, 9.17) is 5.11 Å². The number of carboxylic acids is 1. The van der Waals surface area contributed by atoms with Crippen LogP contribution in [0.15, 0.2) is 18.2 Å². The van der Waals surface area contributed by atoms with Crippen LogP contribution in [0.1, 0.15) is 28.4 Å². The summed E-state index contributed by atoms with van der Waals surface area (Å²) in [6.07, 6.45) is 0. The molecule has 0 saturated carbocycles. The molecule has 0 aliphatic rings. The van der Waals surface area contributed by atoms with Crippen LogP contribution < -0.4 is 5.32 Å². The SMILES string of the molecule is Cc1cccc(C(=O)N[C@H](C)C(=O)O)c1C. The first-order chi connectivity index (χ1) is 7.43. The number of carboxylic acid groups (broad SMARTS) is 1. The van der Waals surface area contributed by atoms with Crippen LogP contribution in [-0.4, -0.2) is 23.0 Å². The molecule has 0 aromatic heterocycles. The predicted octanol–water partition coefficient (Wildman–Crippen LogP) is 1.51. The van der Waals surface area contributed by atoms with Gasteiger partial charge in [-0.25, -0.2) is 0 Å². The zero-order valence-corrected chi connectivity index (χ0v) is 9.57. The van der Waals surface area contributed by atoms with Gasteiger partial charge < -0.3 is 10.4 Å². The quantitative estimate of drug-likeness (QED) is 0.813. The Morgan fingerprint density at radius 3 is 2.50 bits per heavy atom. The van der Waals surface area contributed by atoms with Crippen LogP contribution in [0.3, 0.4) is 0 Å². The van der Waals surface area contributed by atoms with Crippen LogP contribution in [0.2, 0.25) is 0 Å². The monoisotopic (exact) mass is 221 g/mol. The van der Waals surface area contributed by atoms with Crippen molar-refractivity contribution in [2.45, 2.75) is 26.8 Å². The highest BCUT2D eigenvalue weighted by Gasteiger charge is 2.16. The van der Waals surface area contributed by atoms with Gasteiger partial charge in [0.2, 0.25) is 0 Å². The van der Waals surface area contributed by atoms with E-state index in [-0.39, 0.29) is 5.91 Å². The van der Waals surface area contributed by atoms with E-state index in [1.165, 1.54) is 6.92 Å². The standard InChI is InChI=1S/C12H15NO3/c1-7-5-4-6-10(8(7)2)11(14)13-9(3)12(15)16/h4-6,9H,1-3H3,(H,13,14)(H,15,16)/t9-/m1/s1. The van der Waals surface area contributed by atoms with Crippen molar-refractivity contribution in [1.29, 1.82) is 0 Å². The number of aryl methyl sites for hydroxylation is 1. The number of hydrogen-bond donors (Lipinski definition) is 2. The molecule has 0 radical (unpaired) electrons. The van der Waals surface area contributed by atoms with Gasteiger partial charge in [-0.3, -0.25) is 9.59 Å². The molecule has 1 amide bonds. The Labute approximate surface area is 94.3 Å². The topological polar surface area (TPSA) is 66.4 Å². The number of aliphatic carboxylic acids is 1. The number of amides is 1. The summed E-state index contributed by atoms with van der Waals surface area (Å²) in [5.74, 6) is -1.39. The first-order valence-corrected chi connectivity index (χ1v) is 5.03. The second-order valence-electron chi connectivity index (χ2n) is 3.78. The molecule has 16 heavy (non-hydrogen) atoms. The van der Waals surface area contributed by atoms with Gasteiger partial charge in [0.1, 0.15) is 6.04 Å². The molecule has 0 fully saturated rings. The minimum atomic E-state index is -1.04. The summed E-state index contributed by atoms with van der Waals surface area (Å²) < 4.78 is 0. The first-order valence-electron chi connectivity index (χ1n) is 5.03. The molecule has 0 heterocycles. The highest BCUT2D eigenvalue weighted by Crippen LogP contribution is 2.12. The van der Waals surface area contributed by atoms with Crippen molar-refractivity contribution in [3.8, 4) is 0 Å². The molecule has 0 aliphatic heterocycles. The lowest BCUT2D eigenvalue weighted by Crippen LogP contribution is -2.38. The largest absolute Gasteiger partial charge is 0.480 e. The van der Waals surface area contributed by atoms with Crippen molar-refractivity contribution >= 4 is 11.9 Å². The highest BCUT2D eigenvalue weighted by molar-refractivity contribution is 5.97. The normalized spacial score (nSPS) is 11.9. The highest BCUT2D eigenvalue weighted by atomic mass is 16.4. The molecular weight excluding hydrogens is 206 g/mol. The predicted molar refractivity (Wildman–Crippen MR) is 60.5 cm³/mol. The summed E-state index contributed by atoms with van der Waals surface area (Å²) in [5, 5.41) is 11.1. The fourth-order valence-electron chi connectivity index (χ4n) is 1.33. The average molecular weight is 221 g/mol. The molecule has 2 N–H and O–H groups in total. The van der Waals surface area contributed by atoms with Gasteiger partial charge in [0.25, 0.3) is 5.91 Å². The van der Waals surface area contributed by atoms with E-state index in [1.807, 2.05) is 19.9 Å². The smallest absolute Gasteiger partial charge is 0.325 e. The zero-order chi connectivity index (χ0) is 12.3. The molecule has 1 aromatic rings. The average Bonchev–Trinajstić information content (AvgIpc) is 2.21. The summed E-state index contributed by atoms with van der Waals surface area (Å²) >= 11 is 0. The summed E-state index contributed by atoms with van der Waals surface area (Å²) in [5.41, 5.74) is 2.40. The molecule has 0 bridgehead atoms. The Balaban J connectivity index is 2.89. The van der Waals surface area contributed by atoms with Crippen molar-refractivity contribution in [2.75, 3.05) is 0 Å². The van der Waals surface area contributed by atoms with Crippen molar-refractivity contribution in [1.82, 2.24) is 5.32 Å². The Bertz CT molecular complexity index is 426. The summed E-state index contributed by atoms with van der Waals surface area (Å²) in [6, 6.07) is 4.49. The van der Waals surface area contributed by atoms with Crippen molar-refractivity contribution < 1.29 is 14.7 Å². The fourth-order valence-corrected chi connectivity index (χ4v) is 1.33. The van der Waals surface area contributed by atoms with E-state index in [1.54, 1.807) is 12.1 Å². The Kier molecular flexibility index (Phi) is 3.66. The van der Waals surface area contributed by atoms with Gasteiger partial charge in [0.15, 0.2) is 0 Å². The van der Waals surface area contributed by atoms with Gasteiger partial charge >= 0.3 is 5.97 Å². The molecule has 4 nitrogen and oxygen atoms in total. The van der Waals surface area contributed by atoms with Gasteiger partial charge in [-0.2, -0.15) is 0 Å². The molecule has 1 atom stereocenters. The second-order valence-corrected chi connectivity index (χ2v) is 3.78. The van der Waals surface area contributed by atoms with Crippen LogP contribution in [0.4, 0.5) is 0 Å². The minimum absolute atomic E-state index is 0.351. The van der Waals surface area contributed by atoms with Crippen molar-refractivity contribution in [3.05, 3.63) is 34.9 Å². The third kappa shape index (κ3) is 2.59. The van der Waals surface area contributed by atoms with Gasteiger partial charge in [-0.15, -0.1) is 0 Å². The molecular formula is C12H15NO3. The Morgan fingerprint density at radius 2 is 1.94 bits per heavy atom. The molecule has 1 aromatic carbocycles. The number of carbonyl (C=O) groups excluding carboxylic acids is 1. The summed E-state index contributed by atoms with van der Waals surface area (Å²) in [6.45, 7) is 5.19. The molecule has 4 heteroatoms.